The Morgan fingerprint density at radius 2 is 1.85 bits per heavy atom. The molecule has 1 heterocycles. The summed E-state index contributed by atoms with van der Waals surface area (Å²) in [5.74, 6) is -1.70. The second-order valence-electron chi connectivity index (χ2n) is 5.86. The molecule has 27 heavy (non-hydrogen) atoms. The first kappa shape index (κ1) is 18.7. The zero-order valence-corrected chi connectivity index (χ0v) is 15.5. The fraction of sp³-hybridized carbons (Fsp3) is 0.150. The van der Waals surface area contributed by atoms with E-state index in [0.29, 0.717) is 18.7 Å². The van der Waals surface area contributed by atoms with Crippen LogP contribution < -0.4 is 10.6 Å². The van der Waals surface area contributed by atoms with Crippen molar-refractivity contribution < 1.29 is 14.0 Å². The summed E-state index contributed by atoms with van der Waals surface area (Å²) in [5.41, 5.74) is 2.12. The minimum absolute atomic E-state index is 0.307. The van der Waals surface area contributed by atoms with Crippen molar-refractivity contribution in [3.05, 3.63) is 71.0 Å². The molecule has 2 amide bonds. The molecule has 2 N–H and O–H groups in total. The maximum absolute atomic E-state index is 13.4. The molecule has 2 aromatic carbocycles. The number of aryl methyl sites for hydroxylation is 1. The quantitative estimate of drug-likeness (QED) is 0.662. The number of carbonyl (C=O) groups is 2. The van der Waals surface area contributed by atoms with Gasteiger partial charge in [0.2, 0.25) is 0 Å². The molecular formula is C20H18FN3O2S. The van der Waals surface area contributed by atoms with E-state index < -0.39 is 11.8 Å². The van der Waals surface area contributed by atoms with Gasteiger partial charge in [-0.1, -0.05) is 30.3 Å². The molecule has 5 nitrogen and oxygen atoms in total. The fourth-order valence-electron chi connectivity index (χ4n) is 2.48. The largest absolute Gasteiger partial charge is 0.347 e. The Morgan fingerprint density at radius 1 is 1.07 bits per heavy atom. The molecule has 3 aromatic rings. The summed E-state index contributed by atoms with van der Waals surface area (Å²) in [6.07, 6.45) is 0.545. The van der Waals surface area contributed by atoms with Crippen molar-refractivity contribution in [3.63, 3.8) is 0 Å². The van der Waals surface area contributed by atoms with Gasteiger partial charge in [-0.15, -0.1) is 11.3 Å². The molecule has 0 saturated heterocycles. The predicted molar refractivity (Wildman–Crippen MR) is 104 cm³/mol. The van der Waals surface area contributed by atoms with Gasteiger partial charge in [-0.3, -0.25) is 9.59 Å². The van der Waals surface area contributed by atoms with E-state index in [4.69, 9.17) is 0 Å². The Kier molecular flexibility index (Phi) is 5.93. The molecule has 138 valence electrons. The molecule has 0 saturated carbocycles. The second-order valence-corrected chi connectivity index (χ2v) is 6.95. The summed E-state index contributed by atoms with van der Waals surface area (Å²) >= 11 is 1.45. The number of benzene rings is 2. The topological polar surface area (TPSA) is 71.1 Å². The van der Waals surface area contributed by atoms with E-state index in [0.717, 1.165) is 21.1 Å². The number of carbonyl (C=O) groups excluding carboxylic acids is 2. The van der Waals surface area contributed by atoms with Crippen LogP contribution in [0.1, 0.15) is 10.6 Å². The van der Waals surface area contributed by atoms with Crippen LogP contribution in [0.5, 0.6) is 0 Å². The summed E-state index contributed by atoms with van der Waals surface area (Å²) in [5, 5.41) is 5.87. The summed E-state index contributed by atoms with van der Waals surface area (Å²) in [4.78, 5) is 29.2. The SMILES string of the molecule is Cc1nc(-c2cccc(F)c2)sc1CCNC(=O)C(=O)Nc1ccccc1. The maximum atomic E-state index is 13.4. The van der Waals surface area contributed by atoms with Crippen LogP contribution in [0.2, 0.25) is 0 Å². The van der Waals surface area contributed by atoms with Gasteiger partial charge in [0.25, 0.3) is 0 Å². The van der Waals surface area contributed by atoms with Gasteiger partial charge in [0.15, 0.2) is 0 Å². The number of nitrogens with one attached hydrogen (secondary N) is 2. The highest BCUT2D eigenvalue weighted by Gasteiger charge is 2.14. The number of aromatic nitrogens is 1. The van der Waals surface area contributed by atoms with E-state index in [1.54, 1.807) is 36.4 Å². The number of nitrogens with zero attached hydrogens (tertiary/aromatic N) is 1. The Morgan fingerprint density at radius 3 is 2.59 bits per heavy atom. The standard InChI is InChI=1S/C20H18FN3O2S/c1-13-17(27-20(23-13)14-6-5-7-15(21)12-14)10-11-22-18(25)19(26)24-16-8-3-2-4-9-16/h2-9,12H,10-11H2,1H3,(H,22,25)(H,24,26). The molecule has 0 aliphatic carbocycles. The molecule has 0 aliphatic rings. The Bertz CT molecular complexity index is 957. The number of thiazole rings is 1. The van der Waals surface area contributed by atoms with Crippen molar-refractivity contribution in [2.75, 3.05) is 11.9 Å². The summed E-state index contributed by atoms with van der Waals surface area (Å²) in [7, 11) is 0. The molecule has 1 aromatic heterocycles. The van der Waals surface area contributed by atoms with Crippen LogP contribution in [-0.4, -0.2) is 23.3 Å². The van der Waals surface area contributed by atoms with Gasteiger partial charge < -0.3 is 10.6 Å². The molecule has 0 atom stereocenters. The first-order valence-corrected chi connectivity index (χ1v) is 9.21. The molecule has 0 unspecified atom stereocenters. The van der Waals surface area contributed by atoms with Crippen molar-refractivity contribution in [2.45, 2.75) is 13.3 Å². The number of halogens is 1. The zero-order chi connectivity index (χ0) is 19.2. The second kappa shape index (κ2) is 8.55. The van der Waals surface area contributed by atoms with Crippen molar-refractivity contribution in [1.29, 1.82) is 0 Å². The average molecular weight is 383 g/mol. The molecule has 7 heteroatoms. The lowest BCUT2D eigenvalue weighted by molar-refractivity contribution is -0.136. The Hall–Kier alpha value is -3.06. The molecular weight excluding hydrogens is 365 g/mol. The zero-order valence-electron chi connectivity index (χ0n) is 14.7. The average Bonchev–Trinajstić information content (AvgIpc) is 3.03. The number of hydrogen-bond acceptors (Lipinski definition) is 4. The van der Waals surface area contributed by atoms with Gasteiger partial charge in [0.05, 0.1) is 5.69 Å². The fourth-order valence-corrected chi connectivity index (χ4v) is 3.54. The Balaban J connectivity index is 1.54. The maximum Gasteiger partial charge on any atom is 0.313 e. The minimum atomic E-state index is -0.706. The van der Waals surface area contributed by atoms with Crippen LogP contribution in [-0.2, 0) is 16.0 Å². The molecule has 0 aliphatic heterocycles. The van der Waals surface area contributed by atoms with Crippen molar-refractivity contribution in [1.82, 2.24) is 10.3 Å². The highest BCUT2D eigenvalue weighted by molar-refractivity contribution is 7.15. The van der Waals surface area contributed by atoms with E-state index >= 15 is 0 Å². The first-order valence-electron chi connectivity index (χ1n) is 8.39. The van der Waals surface area contributed by atoms with Crippen LogP contribution in [0.4, 0.5) is 10.1 Å². The van der Waals surface area contributed by atoms with Crippen molar-refractivity contribution in [3.8, 4) is 10.6 Å². The molecule has 0 bridgehead atoms. The number of hydrogen-bond donors (Lipinski definition) is 2. The normalized spacial score (nSPS) is 10.4. The lowest BCUT2D eigenvalue weighted by Gasteiger charge is -2.06. The van der Waals surface area contributed by atoms with Crippen LogP contribution in [0.3, 0.4) is 0 Å². The van der Waals surface area contributed by atoms with Gasteiger partial charge in [-0.25, -0.2) is 9.37 Å². The third-order valence-corrected chi connectivity index (χ3v) is 5.11. The molecule has 0 radical (unpaired) electrons. The predicted octanol–water partition coefficient (Wildman–Crippen LogP) is 3.56. The molecule has 3 rings (SSSR count). The number of anilines is 1. The molecule has 0 fully saturated rings. The van der Waals surface area contributed by atoms with E-state index in [2.05, 4.69) is 15.6 Å². The van der Waals surface area contributed by atoms with E-state index in [1.165, 1.54) is 23.5 Å². The lowest BCUT2D eigenvalue weighted by Crippen LogP contribution is -2.36. The number of amides is 2. The number of para-hydroxylation sites is 1. The lowest BCUT2D eigenvalue weighted by atomic mass is 10.2. The minimum Gasteiger partial charge on any atom is -0.347 e. The molecule has 0 spiro atoms. The van der Waals surface area contributed by atoms with Crippen molar-refractivity contribution in [2.24, 2.45) is 0 Å². The van der Waals surface area contributed by atoms with Crippen LogP contribution in [0.25, 0.3) is 10.6 Å². The first-order chi connectivity index (χ1) is 13.0. The third kappa shape index (κ3) is 4.98. The van der Waals surface area contributed by atoms with Crippen LogP contribution in [0, 0.1) is 12.7 Å². The Labute approximate surface area is 160 Å². The van der Waals surface area contributed by atoms with Gasteiger partial charge >= 0.3 is 11.8 Å². The monoisotopic (exact) mass is 383 g/mol. The van der Waals surface area contributed by atoms with Gasteiger partial charge in [-0.05, 0) is 31.2 Å². The summed E-state index contributed by atoms with van der Waals surface area (Å²) in [6.45, 7) is 2.19. The van der Waals surface area contributed by atoms with Crippen molar-refractivity contribution >= 4 is 28.8 Å². The number of rotatable bonds is 5. The van der Waals surface area contributed by atoms with E-state index in [9.17, 15) is 14.0 Å². The highest BCUT2D eigenvalue weighted by Crippen LogP contribution is 2.28. The van der Waals surface area contributed by atoms with Crippen LogP contribution >= 0.6 is 11.3 Å². The highest BCUT2D eigenvalue weighted by atomic mass is 32.1. The van der Waals surface area contributed by atoms with Crippen LogP contribution in [0.15, 0.2) is 54.6 Å². The van der Waals surface area contributed by atoms with Gasteiger partial charge in [-0.2, -0.15) is 0 Å². The van der Waals surface area contributed by atoms with E-state index in [-0.39, 0.29) is 5.82 Å². The van der Waals surface area contributed by atoms with Gasteiger partial charge in [0, 0.05) is 29.1 Å². The van der Waals surface area contributed by atoms with E-state index in [1.807, 2.05) is 13.0 Å². The van der Waals surface area contributed by atoms with Gasteiger partial charge in [0.1, 0.15) is 10.8 Å². The smallest absolute Gasteiger partial charge is 0.313 e. The third-order valence-electron chi connectivity index (χ3n) is 3.84. The summed E-state index contributed by atoms with van der Waals surface area (Å²) in [6, 6.07) is 15.1. The summed E-state index contributed by atoms with van der Waals surface area (Å²) < 4.78 is 13.4.